The molecule has 1 aromatic carbocycles. The first-order chi connectivity index (χ1) is 8.29. The Hall–Kier alpha value is -1.91. The third-order valence-corrected chi connectivity index (χ3v) is 2.38. The molecule has 0 radical (unpaired) electrons. The van der Waals surface area contributed by atoms with Crippen molar-refractivity contribution in [3.8, 4) is 0 Å². The third kappa shape index (κ3) is 2.20. The molecular weight excluding hydrogens is 235 g/mol. The van der Waals surface area contributed by atoms with Crippen molar-refractivity contribution in [1.29, 1.82) is 0 Å². The zero-order valence-corrected chi connectivity index (χ0v) is 10.8. The van der Waals surface area contributed by atoms with E-state index >= 15 is 0 Å². The van der Waals surface area contributed by atoms with E-state index in [0.717, 1.165) is 0 Å². The van der Waals surface area contributed by atoms with Crippen molar-refractivity contribution in [1.82, 2.24) is 9.55 Å². The molecule has 1 aromatic heterocycles. The predicted octanol–water partition coefficient (Wildman–Crippen LogP) is 3.27. The Kier molecular flexibility index (Phi) is 2.84. The van der Waals surface area contributed by atoms with Crippen molar-refractivity contribution in [2.45, 2.75) is 33.3 Å². The van der Waals surface area contributed by atoms with E-state index in [1.165, 1.54) is 10.6 Å². The molecule has 2 rings (SSSR count). The SMILES string of the molecule is Cc1nc2c(F)cccc2n1C(=O)OC(C)(C)C. The van der Waals surface area contributed by atoms with Crippen molar-refractivity contribution in [3.63, 3.8) is 0 Å². The van der Waals surface area contributed by atoms with E-state index in [4.69, 9.17) is 4.74 Å². The van der Waals surface area contributed by atoms with Gasteiger partial charge in [-0.05, 0) is 39.8 Å². The summed E-state index contributed by atoms with van der Waals surface area (Å²) in [6.07, 6.45) is -0.548. The molecule has 2 aromatic rings. The minimum atomic E-state index is -0.604. The van der Waals surface area contributed by atoms with E-state index in [9.17, 15) is 9.18 Å². The molecule has 0 spiro atoms. The van der Waals surface area contributed by atoms with Crippen molar-refractivity contribution in [3.05, 3.63) is 29.8 Å². The maximum Gasteiger partial charge on any atom is 0.420 e. The van der Waals surface area contributed by atoms with E-state index in [1.54, 1.807) is 39.8 Å². The first kappa shape index (κ1) is 12.5. The predicted molar refractivity (Wildman–Crippen MR) is 66.1 cm³/mol. The summed E-state index contributed by atoms with van der Waals surface area (Å²) in [5.74, 6) is -0.0396. The molecule has 0 fully saturated rings. The highest BCUT2D eigenvalue weighted by Crippen LogP contribution is 2.20. The van der Waals surface area contributed by atoms with Crippen LogP contribution < -0.4 is 0 Å². The minimum Gasteiger partial charge on any atom is -0.443 e. The number of ether oxygens (including phenoxy) is 1. The summed E-state index contributed by atoms with van der Waals surface area (Å²) in [5, 5.41) is 0. The summed E-state index contributed by atoms with van der Waals surface area (Å²) in [5.41, 5.74) is -0.00409. The molecule has 0 aliphatic heterocycles. The van der Waals surface area contributed by atoms with E-state index in [-0.39, 0.29) is 5.52 Å². The number of aromatic nitrogens is 2. The number of carbonyl (C=O) groups excluding carboxylic acids is 1. The summed E-state index contributed by atoms with van der Waals surface area (Å²) in [7, 11) is 0. The largest absolute Gasteiger partial charge is 0.443 e. The molecule has 0 atom stereocenters. The molecule has 96 valence electrons. The maximum absolute atomic E-state index is 13.6. The Balaban J connectivity index is 2.54. The van der Waals surface area contributed by atoms with E-state index in [1.807, 2.05) is 0 Å². The molecule has 0 unspecified atom stereocenters. The number of aryl methyl sites for hydroxylation is 1. The second-order valence-corrected chi connectivity index (χ2v) is 5.08. The number of para-hydroxylation sites is 1. The molecule has 0 N–H and O–H groups in total. The number of nitrogens with zero attached hydrogens (tertiary/aromatic N) is 2. The Labute approximate surface area is 104 Å². The highest BCUT2D eigenvalue weighted by molar-refractivity contribution is 5.87. The summed E-state index contributed by atoms with van der Waals surface area (Å²) in [6, 6.07) is 4.50. The van der Waals surface area contributed by atoms with E-state index < -0.39 is 17.5 Å². The van der Waals surface area contributed by atoms with Gasteiger partial charge in [0, 0.05) is 0 Å². The number of hydrogen-bond donors (Lipinski definition) is 0. The van der Waals surface area contributed by atoms with Crippen LogP contribution in [0.2, 0.25) is 0 Å². The standard InChI is InChI=1S/C13H15FN2O2/c1-8-15-11-9(14)6-5-7-10(11)16(8)12(17)18-13(2,3)4/h5-7H,1-4H3. The maximum atomic E-state index is 13.6. The topological polar surface area (TPSA) is 44.1 Å². The Morgan fingerprint density at radius 1 is 1.39 bits per heavy atom. The zero-order chi connectivity index (χ0) is 13.5. The third-order valence-electron chi connectivity index (χ3n) is 2.38. The van der Waals surface area contributed by atoms with Gasteiger partial charge < -0.3 is 4.74 Å². The van der Waals surface area contributed by atoms with Gasteiger partial charge in [-0.25, -0.2) is 18.7 Å². The normalized spacial score (nSPS) is 11.8. The summed E-state index contributed by atoms with van der Waals surface area (Å²) < 4.78 is 20.1. The Bertz CT molecular complexity index is 611. The van der Waals surface area contributed by atoms with Crippen molar-refractivity contribution in [2.75, 3.05) is 0 Å². The lowest BCUT2D eigenvalue weighted by molar-refractivity contribution is 0.0540. The van der Waals surface area contributed by atoms with Crippen LogP contribution in [-0.2, 0) is 4.74 Å². The summed E-state index contributed by atoms with van der Waals surface area (Å²) in [6.45, 7) is 6.98. The van der Waals surface area contributed by atoms with Crippen LogP contribution in [0.3, 0.4) is 0 Å². The summed E-state index contributed by atoms with van der Waals surface area (Å²) >= 11 is 0. The molecule has 0 aliphatic rings. The van der Waals surface area contributed by atoms with Crippen LogP contribution in [0, 0.1) is 12.7 Å². The van der Waals surface area contributed by atoms with Gasteiger partial charge in [-0.1, -0.05) is 6.07 Å². The molecule has 0 aliphatic carbocycles. The van der Waals surface area contributed by atoms with Gasteiger partial charge in [-0.15, -0.1) is 0 Å². The van der Waals surface area contributed by atoms with Crippen LogP contribution in [0.1, 0.15) is 26.6 Å². The second kappa shape index (κ2) is 4.08. The molecule has 0 saturated heterocycles. The number of benzene rings is 1. The van der Waals surface area contributed by atoms with Gasteiger partial charge in [0.15, 0.2) is 5.82 Å². The van der Waals surface area contributed by atoms with E-state index in [2.05, 4.69) is 4.98 Å². The number of hydrogen-bond acceptors (Lipinski definition) is 3. The lowest BCUT2D eigenvalue weighted by Gasteiger charge is -2.20. The van der Waals surface area contributed by atoms with Gasteiger partial charge in [0.1, 0.15) is 16.9 Å². The van der Waals surface area contributed by atoms with Crippen LogP contribution >= 0.6 is 0 Å². The van der Waals surface area contributed by atoms with Crippen molar-refractivity contribution >= 4 is 17.1 Å². The number of imidazole rings is 1. The average molecular weight is 250 g/mol. The molecule has 1 heterocycles. The Morgan fingerprint density at radius 3 is 2.67 bits per heavy atom. The quantitative estimate of drug-likeness (QED) is 0.720. The fourth-order valence-electron chi connectivity index (χ4n) is 1.72. The monoisotopic (exact) mass is 250 g/mol. The van der Waals surface area contributed by atoms with Crippen LogP contribution in [0.5, 0.6) is 0 Å². The highest BCUT2D eigenvalue weighted by Gasteiger charge is 2.22. The highest BCUT2D eigenvalue weighted by atomic mass is 19.1. The molecule has 0 amide bonds. The number of rotatable bonds is 0. The molecular formula is C13H15FN2O2. The smallest absolute Gasteiger partial charge is 0.420 e. The van der Waals surface area contributed by atoms with Crippen molar-refractivity contribution < 1.29 is 13.9 Å². The van der Waals surface area contributed by atoms with Gasteiger partial charge >= 0.3 is 6.09 Å². The van der Waals surface area contributed by atoms with Gasteiger partial charge in [-0.2, -0.15) is 0 Å². The number of fused-ring (bicyclic) bond motifs is 1. The minimum absolute atomic E-state index is 0.181. The van der Waals surface area contributed by atoms with Gasteiger partial charge in [0.05, 0.1) is 5.52 Å². The lowest BCUT2D eigenvalue weighted by Crippen LogP contribution is -2.27. The van der Waals surface area contributed by atoms with Crippen LogP contribution in [0.4, 0.5) is 9.18 Å². The van der Waals surface area contributed by atoms with Gasteiger partial charge in [0.25, 0.3) is 0 Å². The van der Waals surface area contributed by atoms with E-state index in [0.29, 0.717) is 11.3 Å². The second-order valence-electron chi connectivity index (χ2n) is 5.08. The zero-order valence-electron chi connectivity index (χ0n) is 10.8. The fourth-order valence-corrected chi connectivity index (χ4v) is 1.72. The molecule has 0 bridgehead atoms. The molecule has 4 nitrogen and oxygen atoms in total. The first-order valence-corrected chi connectivity index (χ1v) is 5.66. The van der Waals surface area contributed by atoms with Gasteiger partial charge in [0.2, 0.25) is 0 Å². The molecule has 0 saturated carbocycles. The fraction of sp³-hybridized carbons (Fsp3) is 0.385. The number of carbonyl (C=O) groups is 1. The van der Waals surface area contributed by atoms with Crippen molar-refractivity contribution in [2.24, 2.45) is 0 Å². The van der Waals surface area contributed by atoms with Crippen LogP contribution in [0.25, 0.3) is 11.0 Å². The van der Waals surface area contributed by atoms with Gasteiger partial charge in [-0.3, -0.25) is 0 Å². The lowest BCUT2D eigenvalue weighted by atomic mass is 10.2. The number of halogens is 1. The van der Waals surface area contributed by atoms with Crippen LogP contribution in [-0.4, -0.2) is 21.2 Å². The average Bonchev–Trinajstić information content (AvgIpc) is 2.53. The molecule has 18 heavy (non-hydrogen) atoms. The Morgan fingerprint density at radius 2 is 2.06 bits per heavy atom. The summed E-state index contributed by atoms with van der Waals surface area (Å²) in [4.78, 5) is 16.1. The first-order valence-electron chi connectivity index (χ1n) is 5.66. The molecule has 5 heteroatoms. The van der Waals surface area contributed by atoms with Crippen LogP contribution in [0.15, 0.2) is 18.2 Å².